The molecule has 2 aliphatic carbocycles. The summed E-state index contributed by atoms with van der Waals surface area (Å²) in [7, 11) is 0. The van der Waals surface area contributed by atoms with Gasteiger partial charge in [0.2, 0.25) is 0 Å². The van der Waals surface area contributed by atoms with Gasteiger partial charge in [0.1, 0.15) is 0 Å². The second-order valence-corrected chi connectivity index (χ2v) is 12.2. The molecule has 7 rings (SSSR count). The molecule has 0 fully saturated rings. The highest BCUT2D eigenvalue weighted by molar-refractivity contribution is 6.07. The lowest BCUT2D eigenvalue weighted by molar-refractivity contribution is -0.143. The molecule has 2 aliphatic rings. The number of nitriles is 2. The molecule has 52 heavy (non-hydrogen) atoms. The van der Waals surface area contributed by atoms with Gasteiger partial charge in [0, 0.05) is 22.3 Å². The van der Waals surface area contributed by atoms with Gasteiger partial charge < -0.3 is 0 Å². The molecule has 0 spiro atoms. The van der Waals surface area contributed by atoms with Crippen LogP contribution in [0, 0.1) is 49.7 Å². The van der Waals surface area contributed by atoms with Gasteiger partial charge in [-0.25, -0.2) is 30.2 Å². The van der Waals surface area contributed by atoms with Crippen molar-refractivity contribution < 1.29 is 26.3 Å². The number of alkyl halides is 6. The van der Waals surface area contributed by atoms with Crippen LogP contribution in [0.2, 0.25) is 0 Å². The maximum atomic E-state index is 13.7. The fourth-order valence-corrected chi connectivity index (χ4v) is 6.70. The molecule has 0 bridgehead atoms. The Morgan fingerprint density at radius 2 is 0.942 bits per heavy atom. The summed E-state index contributed by atoms with van der Waals surface area (Å²) in [6, 6.07) is 20.6. The minimum Gasteiger partial charge on any atom is -0.245 e. The van der Waals surface area contributed by atoms with Crippen LogP contribution < -0.4 is 0 Å². The first-order chi connectivity index (χ1) is 24.7. The molecule has 4 aromatic carbocycles. The Morgan fingerprint density at radius 3 is 1.31 bits per heavy atom. The highest BCUT2D eigenvalue weighted by atomic mass is 19.4. The molecule has 1 aromatic heterocycles. The van der Waals surface area contributed by atoms with E-state index in [-0.39, 0.29) is 62.4 Å². The summed E-state index contributed by atoms with van der Waals surface area (Å²) in [4.78, 5) is 16.5. The summed E-state index contributed by atoms with van der Waals surface area (Å²) in [5, 5.41) is 20.0. The fraction of sp³-hybridized carbons (Fsp3) is 0.100. The van der Waals surface area contributed by atoms with E-state index in [1.807, 2.05) is 56.3 Å². The summed E-state index contributed by atoms with van der Waals surface area (Å²) in [6.07, 6.45) is -10.1. The quantitative estimate of drug-likeness (QED) is 0.102. The van der Waals surface area contributed by atoms with Crippen LogP contribution in [0.1, 0.15) is 44.8 Å². The molecule has 250 valence electrons. The predicted molar refractivity (Wildman–Crippen MR) is 180 cm³/mol. The first kappa shape index (κ1) is 33.5. The topological polar surface area (TPSA) is 82.1 Å². The van der Waals surface area contributed by atoms with E-state index in [1.54, 1.807) is 6.07 Å². The van der Waals surface area contributed by atoms with E-state index in [2.05, 4.69) is 9.69 Å². The van der Waals surface area contributed by atoms with Gasteiger partial charge >= 0.3 is 12.4 Å². The van der Waals surface area contributed by atoms with E-state index in [9.17, 15) is 36.9 Å². The van der Waals surface area contributed by atoms with Gasteiger partial charge in [0.25, 0.3) is 11.4 Å². The van der Waals surface area contributed by atoms with Crippen LogP contribution in [-0.4, -0.2) is 9.97 Å². The smallest absolute Gasteiger partial charge is 0.245 e. The van der Waals surface area contributed by atoms with Crippen LogP contribution in [0.4, 0.5) is 26.3 Å². The highest BCUT2D eigenvalue weighted by Gasteiger charge is 2.39. The van der Waals surface area contributed by atoms with Crippen molar-refractivity contribution in [2.24, 2.45) is 0 Å². The van der Waals surface area contributed by atoms with Crippen LogP contribution >= 0.6 is 0 Å². The lowest BCUT2D eigenvalue weighted by Gasteiger charge is -2.15. The second-order valence-electron chi connectivity index (χ2n) is 12.2. The molecule has 0 radical (unpaired) electrons. The number of hydrogen-bond acceptors (Lipinski definition) is 4. The minimum absolute atomic E-state index is 0.000748. The predicted octanol–water partition coefficient (Wildman–Crippen LogP) is 10.8. The Labute approximate surface area is 292 Å². The van der Waals surface area contributed by atoms with Crippen molar-refractivity contribution in [3.05, 3.63) is 152 Å². The Kier molecular flexibility index (Phi) is 7.60. The SMILES string of the molecule is [C-]#[N+]/C(C#N)=C1/c2cc(-c3cc(C(F)(F)F)cc(C(F)(F)F)c3)ccc2-c2nc3c(nc21)-c1ccc(-c2cc(C)cc(C)c2)cc1/C3=C(/C#N)[N+]#[C-]. The van der Waals surface area contributed by atoms with Crippen molar-refractivity contribution >= 4 is 11.1 Å². The molecule has 5 aromatic rings. The first-order valence-corrected chi connectivity index (χ1v) is 15.3. The van der Waals surface area contributed by atoms with Gasteiger partial charge in [-0.2, -0.15) is 26.3 Å². The molecule has 0 N–H and O–H groups in total. The monoisotopic (exact) mass is 696 g/mol. The average molecular weight is 697 g/mol. The van der Waals surface area contributed by atoms with Crippen molar-refractivity contribution in [1.82, 2.24) is 9.97 Å². The number of allylic oxidation sites excluding steroid dienone is 2. The molecule has 0 aliphatic heterocycles. The number of rotatable bonds is 2. The second kappa shape index (κ2) is 11.8. The standard InChI is InChI=1S/C40H18F6N6/c1-19-9-20(2)11-23(10-19)21-5-7-27-29(14-21)33(31(17-47)49-3)37-35(27)51-38-34(32(18-48)50-4)30-15-22(6-8-28(30)36(38)52-37)24-12-25(39(41,42)43)16-26(13-24)40(44,45)46/h5-16H,1-2H3/b33-31+,34-32-. The maximum absolute atomic E-state index is 13.7. The Morgan fingerprint density at radius 1 is 0.538 bits per heavy atom. The first-order valence-electron chi connectivity index (χ1n) is 15.3. The zero-order valence-corrected chi connectivity index (χ0v) is 26.9. The molecule has 0 saturated carbocycles. The number of halogens is 6. The molecular formula is C40H18F6N6. The van der Waals surface area contributed by atoms with Crippen LogP contribution in [0.25, 0.3) is 65.6 Å². The van der Waals surface area contributed by atoms with Gasteiger partial charge in [0.05, 0.1) is 59.2 Å². The van der Waals surface area contributed by atoms with Crippen molar-refractivity contribution in [2.45, 2.75) is 26.2 Å². The zero-order valence-electron chi connectivity index (χ0n) is 26.9. The maximum Gasteiger partial charge on any atom is 0.416 e. The van der Waals surface area contributed by atoms with Crippen LogP contribution in [0.5, 0.6) is 0 Å². The van der Waals surface area contributed by atoms with E-state index in [1.165, 1.54) is 18.2 Å². The molecule has 6 nitrogen and oxygen atoms in total. The Balaban J connectivity index is 1.46. The summed E-state index contributed by atoms with van der Waals surface area (Å²) < 4.78 is 82.2. The third-order valence-corrected chi connectivity index (χ3v) is 8.84. The Bertz CT molecular complexity index is 2590. The Hall–Kier alpha value is -7.02. The van der Waals surface area contributed by atoms with Crippen LogP contribution in [0.15, 0.2) is 84.2 Å². The fourth-order valence-electron chi connectivity index (χ4n) is 6.70. The molecule has 1 heterocycles. The summed E-state index contributed by atoms with van der Waals surface area (Å²) in [5.41, 5.74) is 2.16. The number of fused-ring (bicyclic) bond motifs is 6. The molecular weight excluding hydrogens is 678 g/mol. The van der Waals surface area contributed by atoms with Crippen LogP contribution in [-0.2, 0) is 12.4 Å². The third-order valence-electron chi connectivity index (χ3n) is 8.84. The zero-order chi connectivity index (χ0) is 37.3. The van der Waals surface area contributed by atoms with E-state index in [4.69, 9.17) is 23.1 Å². The molecule has 12 heteroatoms. The van der Waals surface area contributed by atoms with Crippen molar-refractivity contribution in [3.8, 4) is 56.9 Å². The molecule has 0 amide bonds. The third kappa shape index (κ3) is 5.35. The number of aromatic nitrogens is 2. The lowest BCUT2D eigenvalue weighted by Crippen LogP contribution is -2.11. The van der Waals surface area contributed by atoms with Gasteiger partial charge in [-0.1, -0.05) is 53.6 Å². The van der Waals surface area contributed by atoms with Crippen molar-refractivity contribution in [1.29, 1.82) is 10.5 Å². The molecule has 0 unspecified atom stereocenters. The molecule has 0 atom stereocenters. The minimum atomic E-state index is -5.07. The molecule has 0 saturated heterocycles. The summed E-state index contributed by atoms with van der Waals surface area (Å²) in [5.74, 6) is 0. The van der Waals surface area contributed by atoms with E-state index >= 15 is 0 Å². The van der Waals surface area contributed by atoms with Gasteiger partial charge in [-0.15, -0.1) is 0 Å². The van der Waals surface area contributed by atoms with Crippen LogP contribution in [0.3, 0.4) is 0 Å². The van der Waals surface area contributed by atoms with E-state index in [0.29, 0.717) is 28.8 Å². The number of nitrogens with zero attached hydrogens (tertiary/aromatic N) is 6. The van der Waals surface area contributed by atoms with Crippen molar-refractivity contribution in [2.75, 3.05) is 0 Å². The summed E-state index contributed by atoms with van der Waals surface area (Å²) in [6.45, 7) is 19.5. The highest BCUT2D eigenvalue weighted by Crippen LogP contribution is 2.52. The van der Waals surface area contributed by atoms with Gasteiger partial charge in [-0.05, 0) is 77.6 Å². The summed E-state index contributed by atoms with van der Waals surface area (Å²) >= 11 is 0. The van der Waals surface area contributed by atoms with Crippen molar-refractivity contribution in [3.63, 3.8) is 0 Å². The van der Waals surface area contributed by atoms with Gasteiger partial charge in [0.15, 0.2) is 0 Å². The van der Waals surface area contributed by atoms with E-state index in [0.717, 1.165) is 22.3 Å². The van der Waals surface area contributed by atoms with E-state index < -0.39 is 29.2 Å². The number of hydrogen-bond donors (Lipinski definition) is 0. The lowest BCUT2D eigenvalue weighted by atomic mass is 9.95. The number of benzene rings is 4. The normalized spacial score (nSPS) is 14.5. The number of aryl methyl sites for hydroxylation is 2. The largest absolute Gasteiger partial charge is 0.416 e. The average Bonchev–Trinajstić information content (AvgIpc) is 3.58. The van der Waals surface area contributed by atoms with Gasteiger partial charge in [-0.3, -0.25) is 0 Å².